The predicted molar refractivity (Wildman–Crippen MR) is 71.3 cm³/mol. The maximum absolute atomic E-state index is 11.9. The number of carboxylic acid groups (broad SMARTS) is 1. The number of nitrogens with zero attached hydrogens (tertiary/aromatic N) is 1. The minimum absolute atomic E-state index is 0.0719. The number of carbonyl (C=O) groups is 2. The van der Waals surface area contributed by atoms with Crippen LogP contribution in [0.1, 0.15) is 19.5 Å². The van der Waals surface area contributed by atoms with E-state index in [-0.39, 0.29) is 11.5 Å². The van der Waals surface area contributed by atoms with Crippen molar-refractivity contribution in [1.29, 1.82) is 0 Å². The van der Waals surface area contributed by atoms with Gasteiger partial charge in [-0.3, -0.25) is 10.1 Å². The molecule has 0 saturated carbocycles. The largest absolute Gasteiger partial charge is 0.482 e. The fraction of sp³-hybridized carbons (Fsp3) is 0.250. The average molecular weight is 282 g/mol. The van der Waals surface area contributed by atoms with Gasteiger partial charge in [0.05, 0.1) is 23.9 Å². The molecule has 0 unspecified atom stereocenters. The van der Waals surface area contributed by atoms with E-state index in [9.17, 15) is 9.59 Å². The first-order valence-electron chi connectivity index (χ1n) is 5.31. The lowest BCUT2D eigenvalue weighted by molar-refractivity contribution is -0.132. The lowest BCUT2D eigenvalue weighted by Crippen LogP contribution is -2.26. The summed E-state index contributed by atoms with van der Waals surface area (Å²) in [5.41, 5.74) is 2.66. The van der Waals surface area contributed by atoms with Crippen molar-refractivity contribution in [2.24, 2.45) is 0 Å². The molecular formula is C12H14N2O4S. The zero-order valence-corrected chi connectivity index (χ0v) is 11.6. The minimum Gasteiger partial charge on any atom is -0.482 e. The molecule has 102 valence electrons. The second-order valence-corrected chi connectivity index (χ2v) is 4.38. The quantitative estimate of drug-likeness (QED) is 0.633. The Morgan fingerprint density at radius 2 is 2.16 bits per heavy atom. The van der Waals surface area contributed by atoms with Crippen molar-refractivity contribution in [3.8, 4) is 0 Å². The zero-order chi connectivity index (χ0) is 14.4. The summed E-state index contributed by atoms with van der Waals surface area (Å²) >= 11 is 1.42. The summed E-state index contributed by atoms with van der Waals surface area (Å²) in [6, 6.07) is 0. The first-order chi connectivity index (χ1) is 8.95. The van der Waals surface area contributed by atoms with Crippen LogP contribution in [0.4, 0.5) is 0 Å². The molecule has 1 aromatic rings. The third-order valence-electron chi connectivity index (χ3n) is 2.27. The van der Waals surface area contributed by atoms with Crippen molar-refractivity contribution in [3.05, 3.63) is 33.6 Å². The molecule has 0 aliphatic rings. The van der Waals surface area contributed by atoms with Gasteiger partial charge < -0.3 is 9.84 Å². The fourth-order valence-corrected chi connectivity index (χ4v) is 1.69. The summed E-state index contributed by atoms with van der Waals surface area (Å²) in [4.78, 5) is 26.7. The van der Waals surface area contributed by atoms with E-state index >= 15 is 0 Å². The highest BCUT2D eigenvalue weighted by Gasteiger charge is 2.14. The van der Waals surface area contributed by atoms with Crippen LogP contribution in [0.3, 0.4) is 0 Å². The summed E-state index contributed by atoms with van der Waals surface area (Å²) in [6.07, 6.45) is 1.61. The Balaban J connectivity index is 2.84. The van der Waals surface area contributed by atoms with Gasteiger partial charge in [0.2, 0.25) is 5.88 Å². The molecular weight excluding hydrogens is 268 g/mol. The molecule has 0 aromatic carbocycles. The number of thiazole rings is 1. The Morgan fingerprint density at radius 3 is 2.63 bits per heavy atom. The maximum Gasteiger partial charge on any atom is 0.336 e. The van der Waals surface area contributed by atoms with Crippen LogP contribution >= 0.6 is 11.3 Å². The van der Waals surface area contributed by atoms with Crippen LogP contribution in [0.5, 0.6) is 0 Å². The molecule has 0 saturated heterocycles. The lowest BCUT2D eigenvalue weighted by atomic mass is 10.2. The first-order valence-corrected chi connectivity index (χ1v) is 6.26. The second kappa shape index (κ2) is 6.69. The Hall–Kier alpha value is -2.15. The molecule has 1 rings (SSSR count). The van der Waals surface area contributed by atoms with Gasteiger partial charge in [-0.25, -0.2) is 9.78 Å². The third kappa shape index (κ3) is 4.22. The normalized spacial score (nSPS) is 12.7. The summed E-state index contributed by atoms with van der Waals surface area (Å²) in [7, 11) is 1.29. The van der Waals surface area contributed by atoms with Crippen LogP contribution < -0.4 is 5.32 Å². The van der Waals surface area contributed by atoms with Crippen LogP contribution in [0.25, 0.3) is 6.08 Å². The number of amides is 1. The number of ether oxygens (including phenoxy) is 1. The molecule has 6 nitrogen and oxygen atoms in total. The number of nitrogens with one attached hydrogen (secondary N) is 1. The second-order valence-electron chi connectivity index (χ2n) is 3.66. The van der Waals surface area contributed by atoms with Gasteiger partial charge in [0, 0.05) is 11.0 Å². The summed E-state index contributed by atoms with van der Waals surface area (Å²) in [5, 5.41) is 13.0. The lowest BCUT2D eigenvalue weighted by Gasteiger charge is -2.10. The van der Waals surface area contributed by atoms with E-state index in [1.807, 2.05) is 0 Å². The Labute approximate surface area is 114 Å². The highest BCUT2D eigenvalue weighted by atomic mass is 32.1. The number of aliphatic carboxylic acids is 1. The SMILES string of the molecule is CO/C(NC(=O)/C(C)=C\c1cscn1)=C(\C)C(=O)O. The Kier molecular flexibility index (Phi) is 5.25. The molecule has 2 N–H and O–H groups in total. The molecule has 7 heteroatoms. The van der Waals surface area contributed by atoms with Crippen LogP contribution in [0.2, 0.25) is 0 Å². The van der Waals surface area contributed by atoms with Crippen molar-refractivity contribution >= 4 is 29.3 Å². The van der Waals surface area contributed by atoms with E-state index < -0.39 is 11.9 Å². The van der Waals surface area contributed by atoms with Crippen LogP contribution in [-0.4, -0.2) is 29.1 Å². The van der Waals surface area contributed by atoms with Crippen LogP contribution in [-0.2, 0) is 14.3 Å². The minimum atomic E-state index is -1.15. The Morgan fingerprint density at radius 1 is 1.47 bits per heavy atom. The van der Waals surface area contributed by atoms with E-state index in [4.69, 9.17) is 9.84 Å². The highest BCUT2D eigenvalue weighted by Crippen LogP contribution is 2.09. The Bertz CT molecular complexity index is 532. The first kappa shape index (κ1) is 14.9. The van der Waals surface area contributed by atoms with Crippen molar-refractivity contribution in [1.82, 2.24) is 10.3 Å². The van der Waals surface area contributed by atoms with E-state index in [0.717, 1.165) is 0 Å². The molecule has 1 aromatic heterocycles. The molecule has 0 bridgehead atoms. The van der Waals surface area contributed by atoms with Crippen molar-refractivity contribution in [2.45, 2.75) is 13.8 Å². The summed E-state index contributed by atoms with van der Waals surface area (Å²) in [6.45, 7) is 2.96. The molecule has 1 heterocycles. The topological polar surface area (TPSA) is 88.5 Å². The van der Waals surface area contributed by atoms with Crippen LogP contribution in [0, 0.1) is 0 Å². The molecule has 0 spiro atoms. The van der Waals surface area contributed by atoms with E-state index in [1.165, 1.54) is 25.4 Å². The number of carbonyl (C=O) groups excluding carboxylic acids is 1. The fourth-order valence-electron chi connectivity index (χ4n) is 1.18. The molecule has 0 radical (unpaired) electrons. The summed E-state index contributed by atoms with van der Waals surface area (Å²) < 4.78 is 4.86. The van der Waals surface area contributed by atoms with Crippen molar-refractivity contribution in [2.75, 3.05) is 7.11 Å². The predicted octanol–water partition coefficient (Wildman–Crippen LogP) is 1.63. The number of rotatable bonds is 5. The number of methoxy groups -OCH3 is 1. The smallest absolute Gasteiger partial charge is 0.336 e. The number of aromatic nitrogens is 1. The van der Waals surface area contributed by atoms with Gasteiger partial charge in [-0.05, 0) is 19.9 Å². The van der Waals surface area contributed by atoms with Crippen molar-refractivity contribution in [3.63, 3.8) is 0 Å². The van der Waals surface area contributed by atoms with Gasteiger partial charge in [-0.2, -0.15) is 0 Å². The van der Waals surface area contributed by atoms with Gasteiger partial charge in [0.15, 0.2) is 0 Å². The number of hydrogen-bond acceptors (Lipinski definition) is 5. The third-order valence-corrected chi connectivity index (χ3v) is 2.87. The van der Waals surface area contributed by atoms with E-state index in [2.05, 4.69) is 10.3 Å². The molecule has 1 amide bonds. The van der Waals surface area contributed by atoms with Gasteiger partial charge in [-0.1, -0.05) is 0 Å². The molecule has 0 aliphatic carbocycles. The van der Waals surface area contributed by atoms with Gasteiger partial charge >= 0.3 is 5.97 Å². The van der Waals surface area contributed by atoms with Crippen molar-refractivity contribution < 1.29 is 19.4 Å². The molecule has 0 aliphatic heterocycles. The average Bonchev–Trinajstić information content (AvgIpc) is 2.87. The van der Waals surface area contributed by atoms with Crippen LogP contribution in [0.15, 0.2) is 27.9 Å². The molecule has 0 fully saturated rings. The molecule has 0 atom stereocenters. The highest BCUT2D eigenvalue weighted by molar-refractivity contribution is 7.07. The van der Waals surface area contributed by atoms with Gasteiger partial charge in [0.25, 0.3) is 5.91 Å². The molecule has 19 heavy (non-hydrogen) atoms. The standard InChI is InChI=1S/C12H14N2O4S/c1-7(4-9-5-19-6-13-9)10(15)14-11(18-3)8(2)12(16)17/h4-6H,1-3H3,(H,14,15)(H,16,17)/b7-4-,11-8+. The monoisotopic (exact) mass is 282 g/mol. The zero-order valence-electron chi connectivity index (χ0n) is 10.8. The van der Waals surface area contributed by atoms with Gasteiger partial charge in [0.1, 0.15) is 0 Å². The van der Waals surface area contributed by atoms with E-state index in [1.54, 1.807) is 23.9 Å². The maximum atomic E-state index is 11.9. The van der Waals surface area contributed by atoms with E-state index in [0.29, 0.717) is 11.3 Å². The number of carboxylic acids is 1. The van der Waals surface area contributed by atoms with Gasteiger partial charge in [-0.15, -0.1) is 11.3 Å². The number of hydrogen-bond donors (Lipinski definition) is 2. The summed E-state index contributed by atoms with van der Waals surface area (Å²) in [5.74, 6) is -1.67.